The first-order chi connectivity index (χ1) is 15.1. The number of rotatable bonds is 8. The first-order valence-corrected chi connectivity index (χ1v) is 11.8. The van der Waals surface area contributed by atoms with Gasteiger partial charge in [0.05, 0.1) is 6.04 Å². The summed E-state index contributed by atoms with van der Waals surface area (Å²) in [5.74, 6) is 1.13. The summed E-state index contributed by atoms with van der Waals surface area (Å²) in [4.78, 5) is 23.3. The smallest absolute Gasteiger partial charge is 0.239 e. The monoisotopic (exact) mass is 556 g/mol. The normalized spacial score (nSPS) is 20.6. The number of likely N-dealkylation sites (N-methyl/N-ethyl adjacent to an activating group) is 1. The summed E-state index contributed by atoms with van der Waals surface area (Å²) in [6.07, 6.45) is 5.37. The maximum Gasteiger partial charge on any atom is 0.239 e. The maximum absolute atomic E-state index is 12.3. The molecule has 8 heteroatoms. The van der Waals surface area contributed by atoms with Crippen molar-refractivity contribution in [3.63, 3.8) is 0 Å². The Morgan fingerprint density at radius 1 is 1.12 bits per heavy atom. The van der Waals surface area contributed by atoms with Gasteiger partial charge in [0.2, 0.25) is 5.91 Å². The molecule has 2 heterocycles. The van der Waals surface area contributed by atoms with Crippen molar-refractivity contribution >= 4 is 35.8 Å². The van der Waals surface area contributed by atoms with E-state index in [9.17, 15) is 4.79 Å². The van der Waals surface area contributed by atoms with E-state index < -0.39 is 0 Å². The molecule has 2 N–H and O–H groups in total. The lowest BCUT2D eigenvalue weighted by Crippen LogP contribution is -2.49. The zero-order chi connectivity index (χ0) is 22.1. The molecule has 0 bridgehead atoms. The lowest BCUT2D eigenvalue weighted by molar-refractivity contribution is -0.133. The van der Waals surface area contributed by atoms with Crippen molar-refractivity contribution in [3.05, 3.63) is 35.9 Å². The molecule has 1 aromatic carbocycles. The van der Waals surface area contributed by atoms with Gasteiger partial charge in [0.15, 0.2) is 5.96 Å². The maximum atomic E-state index is 12.3. The van der Waals surface area contributed by atoms with Gasteiger partial charge in [-0.25, -0.2) is 0 Å². The van der Waals surface area contributed by atoms with E-state index in [0.717, 1.165) is 77.3 Å². The average molecular weight is 557 g/mol. The van der Waals surface area contributed by atoms with Crippen LogP contribution in [0.1, 0.15) is 37.7 Å². The fourth-order valence-corrected chi connectivity index (χ4v) is 4.63. The number of amides is 1. The van der Waals surface area contributed by atoms with Crippen LogP contribution in [0, 0.1) is 0 Å². The molecule has 1 amide bonds. The third-order valence-corrected chi connectivity index (χ3v) is 6.41. The minimum absolute atomic E-state index is 0. The Morgan fingerprint density at radius 3 is 2.50 bits per heavy atom. The Balaban J connectivity index is 0.00000363. The van der Waals surface area contributed by atoms with Gasteiger partial charge in [-0.2, -0.15) is 0 Å². The molecule has 1 unspecified atom stereocenters. The standard InChI is InChI=1S/C24H40N6O.HI/c1-25-24(26-14-8-16-30-15-7-11-22(30)23(31)28(2)3)27-21-12-17-29(18-13-21)19-20-9-5-4-6-10-20;/h4-6,9-10,21-22H,7-8,11-19H2,1-3H3,(H2,25,26,27);1H. The second kappa shape index (κ2) is 14.0. The van der Waals surface area contributed by atoms with Crippen molar-refractivity contribution in [2.45, 2.75) is 50.7 Å². The quantitative estimate of drug-likeness (QED) is 0.223. The Hall–Kier alpha value is -1.39. The van der Waals surface area contributed by atoms with Crippen molar-refractivity contribution < 1.29 is 4.79 Å². The lowest BCUT2D eigenvalue weighted by atomic mass is 10.0. The number of hydrogen-bond donors (Lipinski definition) is 2. The summed E-state index contributed by atoms with van der Waals surface area (Å²) in [5.41, 5.74) is 1.39. The lowest BCUT2D eigenvalue weighted by Gasteiger charge is -2.33. The van der Waals surface area contributed by atoms with Crippen molar-refractivity contribution in [2.75, 3.05) is 53.9 Å². The fourth-order valence-electron chi connectivity index (χ4n) is 4.63. The van der Waals surface area contributed by atoms with Crippen LogP contribution in [-0.2, 0) is 11.3 Å². The molecule has 2 aliphatic heterocycles. The highest BCUT2D eigenvalue weighted by molar-refractivity contribution is 14.0. The molecule has 2 aliphatic rings. The highest BCUT2D eigenvalue weighted by atomic mass is 127. The zero-order valence-electron chi connectivity index (χ0n) is 19.9. The van der Waals surface area contributed by atoms with Gasteiger partial charge in [-0.1, -0.05) is 30.3 Å². The van der Waals surface area contributed by atoms with Crippen LogP contribution >= 0.6 is 24.0 Å². The number of likely N-dealkylation sites (tertiary alicyclic amines) is 2. The summed E-state index contributed by atoms with van der Waals surface area (Å²) >= 11 is 0. The molecular weight excluding hydrogens is 515 g/mol. The van der Waals surface area contributed by atoms with Gasteiger partial charge in [0.25, 0.3) is 0 Å². The van der Waals surface area contributed by atoms with E-state index in [4.69, 9.17) is 0 Å². The summed E-state index contributed by atoms with van der Waals surface area (Å²) in [7, 11) is 5.54. The third-order valence-electron chi connectivity index (χ3n) is 6.41. The second-order valence-corrected chi connectivity index (χ2v) is 8.96. The summed E-state index contributed by atoms with van der Waals surface area (Å²) in [6.45, 7) is 6.10. The second-order valence-electron chi connectivity index (χ2n) is 8.96. The van der Waals surface area contributed by atoms with Gasteiger partial charge in [-0.15, -0.1) is 24.0 Å². The topological polar surface area (TPSA) is 63.2 Å². The number of aliphatic imine (C=N–C) groups is 1. The van der Waals surface area contributed by atoms with Gasteiger partial charge in [-0.3, -0.25) is 19.6 Å². The van der Waals surface area contributed by atoms with Crippen LogP contribution in [0.3, 0.4) is 0 Å². The average Bonchev–Trinajstić information content (AvgIpc) is 3.25. The predicted molar refractivity (Wildman–Crippen MR) is 143 cm³/mol. The van der Waals surface area contributed by atoms with Crippen molar-refractivity contribution in [1.29, 1.82) is 0 Å². The Labute approximate surface area is 211 Å². The van der Waals surface area contributed by atoms with Crippen LogP contribution in [0.5, 0.6) is 0 Å². The van der Waals surface area contributed by atoms with E-state index >= 15 is 0 Å². The number of hydrogen-bond acceptors (Lipinski definition) is 4. The minimum atomic E-state index is 0. The molecule has 32 heavy (non-hydrogen) atoms. The molecule has 0 aliphatic carbocycles. The van der Waals surface area contributed by atoms with Gasteiger partial charge in [0.1, 0.15) is 0 Å². The van der Waals surface area contributed by atoms with Crippen LogP contribution in [0.2, 0.25) is 0 Å². The van der Waals surface area contributed by atoms with Crippen molar-refractivity contribution in [3.8, 4) is 0 Å². The van der Waals surface area contributed by atoms with Crippen LogP contribution in [0.4, 0.5) is 0 Å². The molecule has 0 saturated carbocycles. The first kappa shape index (κ1) is 26.9. The van der Waals surface area contributed by atoms with Crippen LogP contribution in [0.25, 0.3) is 0 Å². The molecule has 2 saturated heterocycles. The number of benzene rings is 1. The van der Waals surface area contributed by atoms with Crippen LogP contribution in [-0.4, -0.2) is 92.5 Å². The van der Waals surface area contributed by atoms with E-state index in [1.165, 1.54) is 5.56 Å². The molecule has 1 atom stereocenters. The van der Waals surface area contributed by atoms with Crippen molar-refractivity contribution in [1.82, 2.24) is 25.3 Å². The van der Waals surface area contributed by atoms with E-state index in [0.29, 0.717) is 6.04 Å². The summed E-state index contributed by atoms with van der Waals surface area (Å²) in [5, 5.41) is 7.06. The number of carbonyl (C=O) groups excluding carboxylic acids is 1. The zero-order valence-corrected chi connectivity index (χ0v) is 22.3. The number of carbonyl (C=O) groups is 1. The van der Waals surface area contributed by atoms with Gasteiger partial charge in [0, 0.05) is 59.9 Å². The Morgan fingerprint density at radius 2 is 1.84 bits per heavy atom. The number of guanidine groups is 1. The highest BCUT2D eigenvalue weighted by Gasteiger charge is 2.31. The van der Waals surface area contributed by atoms with E-state index in [1.807, 2.05) is 21.1 Å². The van der Waals surface area contributed by atoms with Crippen molar-refractivity contribution in [2.24, 2.45) is 4.99 Å². The number of nitrogens with one attached hydrogen (secondary N) is 2. The molecule has 0 aromatic heterocycles. The molecule has 3 rings (SSSR count). The number of piperidine rings is 1. The number of halogens is 1. The van der Waals surface area contributed by atoms with Crippen LogP contribution in [0.15, 0.2) is 35.3 Å². The number of nitrogens with zero attached hydrogens (tertiary/aromatic N) is 4. The minimum Gasteiger partial charge on any atom is -0.356 e. The Bertz CT molecular complexity index is 706. The van der Waals surface area contributed by atoms with Gasteiger partial charge >= 0.3 is 0 Å². The Kier molecular flexibility index (Phi) is 11.7. The fraction of sp³-hybridized carbons (Fsp3) is 0.667. The van der Waals surface area contributed by atoms with E-state index in [1.54, 1.807) is 4.90 Å². The molecular formula is C24H41IN6O. The molecule has 2 fully saturated rings. The van der Waals surface area contributed by atoms with Gasteiger partial charge < -0.3 is 15.5 Å². The highest BCUT2D eigenvalue weighted by Crippen LogP contribution is 2.18. The van der Waals surface area contributed by atoms with Crippen LogP contribution < -0.4 is 10.6 Å². The SMILES string of the molecule is CN=C(NCCCN1CCCC1C(=O)N(C)C)NC1CCN(Cc2ccccc2)CC1.I. The largest absolute Gasteiger partial charge is 0.356 e. The molecule has 7 nitrogen and oxygen atoms in total. The molecule has 1 aromatic rings. The summed E-state index contributed by atoms with van der Waals surface area (Å²) < 4.78 is 0. The predicted octanol–water partition coefficient (Wildman–Crippen LogP) is 2.38. The van der Waals surface area contributed by atoms with E-state index in [-0.39, 0.29) is 35.9 Å². The van der Waals surface area contributed by atoms with Gasteiger partial charge in [-0.05, 0) is 44.2 Å². The van der Waals surface area contributed by atoms with E-state index in [2.05, 4.69) is 55.8 Å². The molecule has 180 valence electrons. The first-order valence-electron chi connectivity index (χ1n) is 11.8. The summed E-state index contributed by atoms with van der Waals surface area (Å²) in [6, 6.07) is 11.2. The molecule has 0 radical (unpaired) electrons. The molecule has 0 spiro atoms. The third kappa shape index (κ3) is 8.19.